The van der Waals surface area contributed by atoms with E-state index in [1.807, 2.05) is 37.3 Å². The summed E-state index contributed by atoms with van der Waals surface area (Å²) >= 11 is 0. The Bertz CT molecular complexity index is 1370. The van der Waals surface area contributed by atoms with E-state index in [4.69, 9.17) is 14.2 Å². The number of ether oxygens (including phenoxy) is 3. The Kier molecular flexibility index (Phi) is 9.11. The van der Waals surface area contributed by atoms with Crippen molar-refractivity contribution in [2.45, 2.75) is 30.9 Å². The number of benzene rings is 3. The number of carbonyl (C=O) groups excluding carboxylic acids is 1. The lowest BCUT2D eigenvalue weighted by atomic mass is 10.0. The summed E-state index contributed by atoms with van der Waals surface area (Å²) in [7, 11) is -0.596. The highest BCUT2D eigenvalue weighted by Gasteiger charge is 2.26. The van der Waals surface area contributed by atoms with Crippen molar-refractivity contribution < 1.29 is 27.4 Å². The quantitative estimate of drug-likeness (QED) is 0.467. The number of sulfonamides is 1. The second kappa shape index (κ2) is 12.5. The van der Waals surface area contributed by atoms with Gasteiger partial charge in [-0.1, -0.05) is 25.1 Å². The molecule has 1 amide bonds. The first-order valence-electron chi connectivity index (χ1n) is 12.8. The molecule has 0 aliphatic carbocycles. The fourth-order valence-electron chi connectivity index (χ4n) is 4.25. The molecule has 3 aromatic rings. The molecule has 2 N–H and O–H groups in total. The topological polar surface area (TPSA) is 106 Å². The average molecular weight is 554 g/mol. The number of amides is 1. The van der Waals surface area contributed by atoms with Crippen molar-refractivity contribution in [1.29, 1.82) is 0 Å². The maximum absolute atomic E-state index is 13.5. The van der Waals surface area contributed by atoms with Crippen molar-refractivity contribution in [3.63, 3.8) is 0 Å². The van der Waals surface area contributed by atoms with Crippen molar-refractivity contribution in [3.8, 4) is 17.2 Å². The molecule has 1 aliphatic rings. The largest absolute Gasteiger partial charge is 0.491 e. The van der Waals surface area contributed by atoms with Crippen molar-refractivity contribution >= 4 is 21.6 Å². The van der Waals surface area contributed by atoms with Gasteiger partial charge >= 0.3 is 0 Å². The fourth-order valence-corrected chi connectivity index (χ4v) is 5.30. The van der Waals surface area contributed by atoms with E-state index in [2.05, 4.69) is 17.0 Å². The zero-order chi connectivity index (χ0) is 28.0. The van der Waals surface area contributed by atoms with Gasteiger partial charge in [0.25, 0.3) is 15.9 Å². The summed E-state index contributed by atoms with van der Waals surface area (Å²) in [6.07, 6.45) is -0.169. The van der Waals surface area contributed by atoms with Crippen molar-refractivity contribution in [2.24, 2.45) is 5.92 Å². The van der Waals surface area contributed by atoms with Gasteiger partial charge in [-0.25, -0.2) is 8.42 Å². The minimum absolute atomic E-state index is 0.0390. The van der Waals surface area contributed by atoms with Gasteiger partial charge in [0.05, 0.1) is 16.6 Å². The van der Waals surface area contributed by atoms with E-state index in [1.54, 1.807) is 43.3 Å². The maximum atomic E-state index is 13.5. The molecule has 0 saturated carbocycles. The van der Waals surface area contributed by atoms with Gasteiger partial charge in [0.1, 0.15) is 23.9 Å². The Morgan fingerprint density at radius 1 is 1.00 bits per heavy atom. The minimum atomic E-state index is -3.93. The summed E-state index contributed by atoms with van der Waals surface area (Å²) in [5.74, 6) is 1.42. The van der Waals surface area contributed by atoms with Crippen LogP contribution in [0.1, 0.15) is 24.2 Å². The Morgan fingerprint density at radius 2 is 1.69 bits per heavy atom. The first-order chi connectivity index (χ1) is 18.7. The van der Waals surface area contributed by atoms with Crippen LogP contribution in [-0.4, -0.2) is 65.2 Å². The molecule has 3 atom stereocenters. The van der Waals surface area contributed by atoms with E-state index >= 15 is 0 Å². The second-order valence-electron chi connectivity index (χ2n) is 9.76. The van der Waals surface area contributed by atoms with Gasteiger partial charge in [-0.2, -0.15) is 0 Å². The molecule has 0 saturated heterocycles. The fraction of sp³-hybridized carbons (Fsp3) is 0.345. The van der Waals surface area contributed by atoms with Crippen LogP contribution < -0.4 is 19.5 Å². The Hall–Kier alpha value is -3.60. The number of nitrogens with one attached hydrogen (secondary N) is 2. The smallest absolute Gasteiger partial charge is 0.261 e. The molecule has 208 valence electrons. The predicted octanol–water partition coefficient (Wildman–Crippen LogP) is 4.37. The van der Waals surface area contributed by atoms with E-state index in [1.165, 1.54) is 18.2 Å². The SMILES string of the molecule is CO[C@@H]1CN(C)C(=O)c2cc(NS(=O)(=O)c3ccc(Oc4ccccc4)cc3)ccc2OC[C@H](C)NC[C@@H]1C. The van der Waals surface area contributed by atoms with E-state index < -0.39 is 10.0 Å². The highest BCUT2D eigenvalue weighted by atomic mass is 32.2. The molecule has 3 aromatic carbocycles. The number of carbonyl (C=O) groups is 1. The Morgan fingerprint density at radius 3 is 2.38 bits per heavy atom. The molecule has 0 aromatic heterocycles. The predicted molar refractivity (Wildman–Crippen MR) is 150 cm³/mol. The van der Waals surface area contributed by atoms with E-state index in [0.29, 0.717) is 30.4 Å². The van der Waals surface area contributed by atoms with E-state index in [-0.39, 0.29) is 40.1 Å². The lowest BCUT2D eigenvalue weighted by molar-refractivity contribution is 0.0281. The first kappa shape index (κ1) is 28.4. The van der Waals surface area contributed by atoms with Crippen LogP contribution in [0.25, 0.3) is 0 Å². The summed E-state index contributed by atoms with van der Waals surface area (Å²) in [4.78, 5) is 15.1. The molecule has 0 spiro atoms. The lowest BCUT2D eigenvalue weighted by Crippen LogP contribution is -2.44. The van der Waals surface area contributed by atoms with Gasteiger partial charge in [0, 0.05) is 39.0 Å². The maximum Gasteiger partial charge on any atom is 0.261 e. The molecule has 1 aliphatic heterocycles. The van der Waals surface area contributed by atoms with E-state index in [9.17, 15) is 13.2 Å². The Balaban J connectivity index is 1.56. The number of anilines is 1. The van der Waals surface area contributed by atoms with Crippen LogP contribution in [0.3, 0.4) is 0 Å². The van der Waals surface area contributed by atoms with Crippen LogP contribution in [-0.2, 0) is 14.8 Å². The minimum Gasteiger partial charge on any atom is -0.491 e. The van der Waals surface area contributed by atoms with Gasteiger partial charge in [-0.05, 0) is 67.4 Å². The number of fused-ring (bicyclic) bond motifs is 1. The highest BCUT2D eigenvalue weighted by Crippen LogP contribution is 2.28. The molecular weight excluding hydrogens is 518 g/mol. The van der Waals surface area contributed by atoms with Gasteiger partial charge in [0.2, 0.25) is 0 Å². The molecule has 0 radical (unpaired) electrons. The van der Waals surface area contributed by atoms with Crippen LogP contribution in [0.15, 0.2) is 77.7 Å². The summed E-state index contributed by atoms with van der Waals surface area (Å²) in [6, 6.07) is 20.1. The van der Waals surface area contributed by atoms with Crippen molar-refractivity contribution in [2.75, 3.05) is 38.6 Å². The summed E-state index contributed by atoms with van der Waals surface area (Å²) in [5.41, 5.74) is 0.512. The van der Waals surface area contributed by atoms with Crippen LogP contribution in [0, 0.1) is 5.92 Å². The van der Waals surface area contributed by atoms with Crippen LogP contribution >= 0.6 is 0 Å². The van der Waals surface area contributed by atoms with E-state index in [0.717, 1.165) is 6.54 Å². The molecular formula is C29H35N3O6S. The Labute approximate surface area is 230 Å². The molecule has 1 heterocycles. The molecule has 0 unspecified atom stereocenters. The molecule has 9 nitrogen and oxygen atoms in total. The third-order valence-corrected chi connectivity index (χ3v) is 7.99. The zero-order valence-corrected chi connectivity index (χ0v) is 23.4. The third kappa shape index (κ3) is 7.29. The number of hydrogen-bond acceptors (Lipinski definition) is 7. The molecule has 10 heteroatoms. The summed E-state index contributed by atoms with van der Waals surface area (Å²) in [6.45, 7) is 5.51. The molecule has 0 bridgehead atoms. The second-order valence-corrected chi connectivity index (χ2v) is 11.4. The normalized spacial score (nSPS) is 20.7. The van der Waals surface area contributed by atoms with Crippen molar-refractivity contribution in [1.82, 2.24) is 10.2 Å². The molecule has 0 fully saturated rings. The number of methoxy groups -OCH3 is 1. The highest BCUT2D eigenvalue weighted by molar-refractivity contribution is 7.92. The first-order valence-corrected chi connectivity index (χ1v) is 14.3. The van der Waals surface area contributed by atoms with Gasteiger partial charge in [-0.3, -0.25) is 9.52 Å². The van der Waals surface area contributed by atoms with Gasteiger partial charge in [0.15, 0.2) is 0 Å². The number of rotatable bonds is 6. The average Bonchev–Trinajstić information content (AvgIpc) is 2.93. The van der Waals surface area contributed by atoms with Crippen LogP contribution in [0.2, 0.25) is 0 Å². The summed E-state index contributed by atoms with van der Waals surface area (Å²) in [5, 5.41) is 3.44. The third-order valence-electron chi connectivity index (χ3n) is 6.59. The van der Waals surface area contributed by atoms with Crippen LogP contribution in [0.5, 0.6) is 17.2 Å². The van der Waals surface area contributed by atoms with Crippen LogP contribution in [0.4, 0.5) is 5.69 Å². The molecule has 39 heavy (non-hydrogen) atoms. The molecule has 4 rings (SSSR count). The zero-order valence-electron chi connectivity index (χ0n) is 22.6. The standard InChI is InChI=1S/C29H35N3O6S/c1-20-17-30-21(2)19-37-27-15-10-22(16-26(27)29(33)32(3)18-28(20)36-4)31-39(34,35)25-13-11-24(12-14-25)38-23-8-6-5-7-9-23/h5-16,20-21,28,30-31H,17-19H2,1-4H3/t20-,21-,28+/m0/s1. The monoisotopic (exact) mass is 553 g/mol. The van der Waals surface area contributed by atoms with Gasteiger partial charge in [-0.15, -0.1) is 0 Å². The lowest BCUT2D eigenvalue weighted by Gasteiger charge is -2.30. The number of nitrogens with zero attached hydrogens (tertiary/aromatic N) is 1. The number of para-hydroxylation sites is 1. The van der Waals surface area contributed by atoms with Gasteiger partial charge < -0.3 is 24.4 Å². The number of hydrogen-bond donors (Lipinski definition) is 2. The van der Waals surface area contributed by atoms with Crippen molar-refractivity contribution in [3.05, 3.63) is 78.4 Å². The number of likely N-dealkylation sites (N-methyl/N-ethyl adjacent to an activating group) is 1. The summed E-state index contributed by atoms with van der Waals surface area (Å²) < 4.78 is 46.3.